The Labute approximate surface area is 114 Å². The fraction of sp³-hybridized carbons (Fsp3) is 0.818. The number of ketones is 1. The molecule has 4 N–H and O–H groups in total. The largest absolute Gasteiger partial charge is 0.394 e. The summed E-state index contributed by atoms with van der Waals surface area (Å²) < 4.78 is 20.0. The summed E-state index contributed by atoms with van der Waals surface area (Å²) in [5.74, 6) is -0.995. The summed E-state index contributed by atoms with van der Waals surface area (Å²) in [5, 5.41) is 30.3. The van der Waals surface area contributed by atoms with Gasteiger partial charge >= 0.3 is 6.03 Å². The lowest BCUT2D eigenvalue weighted by molar-refractivity contribution is -0.146. The molecule has 8 nitrogen and oxygen atoms in total. The third-order valence-electron chi connectivity index (χ3n) is 3.64. The van der Waals surface area contributed by atoms with E-state index < -0.39 is 48.8 Å². The fourth-order valence-corrected chi connectivity index (χ4v) is 2.47. The van der Waals surface area contributed by atoms with Crippen molar-refractivity contribution in [1.82, 2.24) is 10.2 Å². The van der Waals surface area contributed by atoms with Crippen molar-refractivity contribution < 1.29 is 34.0 Å². The zero-order chi connectivity index (χ0) is 15.1. The number of nitrogens with one attached hydrogen (secondary N) is 1. The van der Waals surface area contributed by atoms with E-state index in [2.05, 4.69) is 5.32 Å². The summed E-state index contributed by atoms with van der Waals surface area (Å²) in [6.45, 7) is 0.215. The number of hydrogen-bond donors (Lipinski definition) is 4. The molecule has 2 heterocycles. The molecule has 0 bridgehead atoms. The van der Waals surface area contributed by atoms with Gasteiger partial charge in [-0.05, 0) is 6.92 Å². The van der Waals surface area contributed by atoms with Gasteiger partial charge in [0.15, 0.2) is 12.0 Å². The Kier molecular flexibility index (Phi) is 3.96. The van der Waals surface area contributed by atoms with Crippen molar-refractivity contribution in [2.24, 2.45) is 0 Å². The van der Waals surface area contributed by atoms with Crippen molar-refractivity contribution in [1.29, 1.82) is 0 Å². The normalized spacial score (nSPS) is 41.6. The lowest BCUT2D eigenvalue weighted by Crippen LogP contribution is -2.63. The van der Waals surface area contributed by atoms with Gasteiger partial charge < -0.3 is 25.4 Å². The van der Waals surface area contributed by atoms with Crippen LogP contribution in [0.2, 0.25) is 0 Å². The zero-order valence-corrected chi connectivity index (χ0v) is 10.8. The van der Waals surface area contributed by atoms with Gasteiger partial charge in [0.05, 0.1) is 6.61 Å². The number of hydrogen-bond acceptors (Lipinski definition) is 6. The van der Waals surface area contributed by atoms with E-state index >= 15 is 0 Å². The molecule has 0 saturated carbocycles. The van der Waals surface area contributed by atoms with Crippen LogP contribution in [-0.2, 0) is 9.53 Å². The van der Waals surface area contributed by atoms with Crippen molar-refractivity contribution in [2.45, 2.75) is 43.7 Å². The van der Waals surface area contributed by atoms with Gasteiger partial charge in [-0.15, -0.1) is 0 Å². The average molecular weight is 292 g/mol. The second kappa shape index (κ2) is 5.24. The number of carbonyl (C=O) groups excluding carboxylic acids is 2. The van der Waals surface area contributed by atoms with Gasteiger partial charge in [-0.25, -0.2) is 9.18 Å². The highest BCUT2D eigenvalue weighted by Gasteiger charge is 2.63. The first kappa shape index (κ1) is 15.1. The van der Waals surface area contributed by atoms with Crippen molar-refractivity contribution in [3.63, 3.8) is 0 Å². The Hall–Kier alpha value is -1.29. The van der Waals surface area contributed by atoms with E-state index in [0.717, 1.165) is 11.8 Å². The van der Waals surface area contributed by atoms with E-state index in [1.165, 1.54) is 0 Å². The van der Waals surface area contributed by atoms with E-state index in [0.29, 0.717) is 0 Å². The van der Waals surface area contributed by atoms with Crippen LogP contribution in [0.1, 0.15) is 13.3 Å². The maximum absolute atomic E-state index is 14.9. The highest BCUT2D eigenvalue weighted by Crippen LogP contribution is 2.38. The number of halogens is 1. The minimum Gasteiger partial charge on any atom is -0.394 e. The molecule has 0 spiro atoms. The zero-order valence-electron chi connectivity index (χ0n) is 10.8. The number of rotatable bonds is 3. The van der Waals surface area contributed by atoms with E-state index in [9.17, 15) is 24.2 Å². The molecule has 2 amide bonds. The third-order valence-corrected chi connectivity index (χ3v) is 3.64. The minimum absolute atomic E-state index is 0.0402. The van der Waals surface area contributed by atoms with Crippen LogP contribution >= 0.6 is 0 Å². The molecule has 114 valence electrons. The summed E-state index contributed by atoms with van der Waals surface area (Å²) in [7, 11) is 0. The van der Waals surface area contributed by atoms with Crippen LogP contribution in [0.25, 0.3) is 0 Å². The number of Topliss-reactive ketones (excluding diaryl/α,β-unsaturated/α-hetero) is 1. The number of alkyl halides is 1. The first-order valence-corrected chi connectivity index (χ1v) is 6.22. The molecule has 20 heavy (non-hydrogen) atoms. The summed E-state index contributed by atoms with van der Waals surface area (Å²) in [6.07, 6.45) is -5.73. The lowest BCUT2D eigenvalue weighted by Gasteiger charge is -2.38. The molecular formula is C11H17FN2O6. The molecule has 0 aliphatic carbocycles. The molecule has 2 aliphatic heterocycles. The van der Waals surface area contributed by atoms with Crippen LogP contribution in [0.3, 0.4) is 0 Å². The molecule has 9 heteroatoms. The number of urea groups is 1. The molecule has 0 radical (unpaired) electrons. The van der Waals surface area contributed by atoms with Crippen LogP contribution in [0.4, 0.5) is 9.18 Å². The first-order chi connectivity index (χ1) is 9.32. The van der Waals surface area contributed by atoms with Crippen molar-refractivity contribution >= 4 is 11.8 Å². The molecule has 0 aromatic heterocycles. The second-order valence-electron chi connectivity index (χ2n) is 4.93. The summed E-state index contributed by atoms with van der Waals surface area (Å²) in [6, 6.07) is -0.803. The van der Waals surface area contributed by atoms with Crippen LogP contribution in [0.15, 0.2) is 0 Å². The van der Waals surface area contributed by atoms with Gasteiger partial charge in [-0.2, -0.15) is 0 Å². The molecule has 0 aromatic rings. The molecule has 0 aromatic carbocycles. The third kappa shape index (κ3) is 2.16. The van der Waals surface area contributed by atoms with Crippen LogP contribution in [0.5, 0.6) is 0 Å². The Morgan fingerprint density at radius 2 is 2.25 bits per heavy atom. The molecule has 1 unspecified atom stereocenters. The van der Waals surface area contributed by atoms with Gasteiger partial charge in [0.25, 0.3) is 0 Å². The maximum Gasteiger partial charge on any atom is 0.321 e. The molecular weight excluding hydrogens is 275 g/mol. The van der Waals surface area contributed by atoms with E-state index in [-0.39, 0.29) is 13.0 Å². The standard InChI is InChI=1S/C11H17FN2O6/c1-5(16)11(12)8(18)6(4-15)20-9(11)14-3-2-7(17)13-10(14)19/h6-9,15,17-18H,2-4H2,1H3,(H,13,19)/t6-,7?,8-,9-,11-/m1/s1. The first-order valence-electron chi connectivity index (χ1n) is 6.22. The average Bonchev–Trinajstić information content (AvgIpc) is 2.64. The summed E-state index contributed by atoms with van der Waals surface area (Å²) >= 11 is 0. The van der Waals surface area contributed by atoms with Gasteiger partial charge in [-0.3, -0.25) is 9.69 Å². The summed E-state index contributed by atoms with van der Waals surface area (Å²) in [4.78, 5) is 24.2. The number of nitrogens with zero attached hydrogens (tertiary/aromatic N) is 1. The number of carbonyl (C=O) groups is 2. The summed E-state index contributed by atoms with van der Waals surface area (Å²) in [5.41, 5.74) is -2.81. The number of amides is 2. The lowest BCUT2D eigenvalue weighted by atomic mass is 9.91. The SMILES string of the molecule is CC(=O)[C@@]1(F)[C@H](O)[C@@H](CO)O[C@H]1N1CCC(O)NC1=O. The van der Waals surface area contributed by atoms with Gasteiger partial charge in [0.2, 0.25) is 5.67 Å². The smallest absolute Gasteiger partial charge is 0.321 e. The van der Waals surface area contributed by atoms with E-state index in [4.69, 9.17) is 9.84 Å². The van der Waals surface area contributed by atoms with E-state index in [1.807, 2.05) is 0 Å². The number of ether oxygens (including phenoxy) is 1. The fourth-order valence-electron chi connectivity index (χ4n) is 2.47. The highest BCUT2D eigenvalue weighted by atomic mass is 19.1. The Balaban J connectivity index is 2.29. The van der Waals surface area contributed by atoms with Crippen LogP contribution < -0.4 is 5.32 Å². The van der Waals surface area contributed by atoms with Crippen molar-refractivity contribution in [3.05, 3.63) is 0 Å². The topological polar surface area (TPSA) is 119 Å². The van der Waals surface area contributed by atoms with E-state index in [1.54, 1.807) is 0 Å². The number of aliphatic hydroxyl groups is 3. The predicted octanol–water partition coefficient (Wildman–Crippen LogP) is -1.90. The van der Waals surface area contributed by atoms with Gasteiger partial charge in [0.1, 0.15) is 18.4 Å². The molecule has 2 saturated heterocycles. The Morgan fingerprint density at radius 3 is 2.75 bits per heavy atom. The molecule has 5 atom stereocenters. The molecule has 2 fully saturated rings. The van der Waals surface area contributed by atoms with Crippen molar-refractivity contribution in [2.75, 3.05) is 13.2 Å². The van der Waals surface area contributed by atoms with Gasteiger partial charge in [-0.1, -0.05) is 0 Å². The predicted molar refractivity (Wildman–Crippen MR) is 62.1 cm³/mol. The quantitative estimate of drug-likeness (QED) is 0.482. The van der Waals surface area contributed by atoms with Crippen LogP contribution in [-0.4, -0.2) is 75.5 Å². The highest BCUT2D eigenvalue weighted by molar-refractivity contribution is 5.88. The number of aliphatic hydroxyl groups excluding tert-OH is 3. The van der Waals surface area contributed by atoms with Crippen LogP contribution in [0, 0.1) is 0 Å². The van der Waals surface area contributed by atoms with Crippen molar-refractivity contribution in [3.8, 4) is 0 Å². The Bertz CT molecular complexity index is 422. The molecule has 2 aliphatic rings. The second-order valence-corrected chi connectivity index (χ2v) is 4.93. The van der Waals surface area contributed by atoms with Gasteiger partial charge in [0, 0.05) is 13.0 Å². The molecule has 2 rings (SSSR count). The minimum atomic E-state index is -2.81. The maximum atomic E-state index is 14.9. The Morgan fingerprint density at radius 1 is 1.60 bits per heavy atom. The monoisotopic (exact) mass is 292 g/mol.